The number of aryl methyl sites for hydroxylation is 2. The minimum absolute atomic E-state index is 0.415. The van der Waals surface area contributed by atoms with Crippen molar-refractivity contribution in [2.24, 2.45) is 5.92 Å². The van der Waals surface area contributed by atoms with Gasteiger partial charge in [-0.3, -0.25) is 10.00 Å². The summed E-state index contributed by atoms with van der Waals surface area (Å²) < 4.78 is 1.91. The lowest BCUT2D eigenvalue weighted by Crippen LogP contribution is -2.34. The van der Waals surface area contributed by atoms with Crippen LogP contribution in [0.25, 0.3) is 27.1 Å². The van der Waals surface area contributed by atoms with Crippen LogP contribution in [-0.4, -0.2) is 52.2 Å². The predicted molar refractivity (Wildman–Crippen MR) is 143 cm³/mol. The van der Waals surface area contributed by atoms with Gasteiger partial charge in [0.15, 0.2) is 5.65 Å². The fraction of sp³-hybridized carbons (Fsp3) is 0.481. The molecule has 3 atom stereocenters. The van der Waals surface area contributed by atoms with Crippen molar-refractivity contribution in [3.8, 4) is 11.3 Å². The Morgan fingerprint density at radius 2 is 1.94 bits per heavy atom. The number of aromatic nitrogens is 7. The van der Waals surface area contributed by atoms with E-state index in [1.54, 1.807) is 17.5 Å². The van der Waals surface area contributed by atoms with E-state index in [0.717, 1.165) is 30.5 Å². The van der Waals surface area contributed by atoms with E-state index in [-0.39, 0.29) is 0 Å². The minimum Gasteiger partial charge on any atom is -0.346 e. The fourth-order valence-electron chi connectivity index (χ4n) is 6.91. The van der Waals surface area contributed by atoms with E-state index < -0.39 is 0 Å². The van der Waals surface area contributed by atoms with E-state index in [4.69, 9.17) is 0 Å². The van der Waals surface area contributed by atoms with Crippen molar-refractivity contribution in [2.75, 3.05) is 6.54 Å². The third kappa shape index (κ3) is 3.15. The Labute approximate surface area is 214 Å². The largest absolute Gasteiger partial charge is 0.346 e. The van der Waals surface area contributed by atoms with Crippen LogP contribution in [0.1, 0.15) is 71.5 Å². The molecular weight excluding hydrogens is 468 g/mol. The van der Waals surface area contributed by atoms with Gasteiger partial charge in [0.25, 0.3) is 0 Å². The highest BCUT2D eigenvalue weighted by atomic mass is 32.1. The maximum Gasteiger partial charge on any atom is 0.158 e. The van der Waals surface area contributed by atoms with Crippen molar-refractivity contribution in [1.82, 2.24) is 39.7 Å². The molecule has 1 saturated heterocycles. The number of likely N-dealkylation sites (tertiary alicyclic amines) is 1. The monoisotopic (exact) mass is 500 g/mol. The van der Waals surface area contributed by atoms with Crippen LogP contribution >= 0.6 is 11.3 Å². The first-order chi connectivity index (χ1) is 17.4. The molecule has 7 rings (SSSR count). The molecule has 2 fully saturated rings. The van der Waals surface area contributed by atoms with E-state index in [9.17, 15) is 0 Å². The number of thiophene rings is 1. The number of aromatic amines is 2. The first kappa shape index (κ1) is 22.2. The van der Waals surface area contributed by atoms with Crippen LogP contribution in [0, 0.1) is 26.7 Å². The van der Waals surface area contributed by atoms with Gasteiger partial charge in [0.2, 0.25) is 0 Å². The normalized spacial score (nSPS) is 22.2. The molecule has 2 bridgehead atoms. The molecule has 1 saturated carbocycles. The Balaban J connectivity index is 1.26. The summed E-state index contributed by atoms with van der Waals surface area (Å²) in [6.45, 7) is 13.4. The van der Waals surface area contributed by atoms with Gasteiger partial charge in [-0.15, -0.1) is 11.3 Å². The Bertz CT molecular complexity index is 1590. The zero-order valence-corrected chi connectivity index (χ0v) is 22.3. The van der Waals surface area contributed by atoms with E-state index in [0.29, 0.717) is 17.9 Å². The Kier molecular flexibility index (Phi) is 4.92. The van der Waals surface area contributed by atoms with Gasteiger partial charge in [-0.25, -0.2) is 14.5 Å². The van der Waals surface area contributed by atoms with Crippen LogP contribution in [0.4, 0.5) is 0 Å². The van der Waals surface area contributed by atoms with E-state index >= 15 is 0 Å². The predicted octanol–water partition coefficient (Wildman–Crippen LogP) is 5.48. The van der Waals surface area contributed by atoms with Crippen molar-refractivity contribution in [1.29, 1.82) is 0 Å². The topological polar surface area (TPSA) is 90.8 Å². The van der Waals surface area contributed by atoms with Gasteiger partial charge < -0.3 is 4.98 Å². The summed E-state index contributed by atoms with van der Waals surface area (Å²) in [6, 6.07) is 0.644. The molecule has 6 heterocycles. The number of H-pyrrole nitrogens is 2. The quantitative estimate of drug-likeness (QED) is 0.333. The molecule has 2 N–H and O–H groups in total. The molecule has 0 radical (unpaired) electrons. The van der Waals surface area contributed by atoms with Gasteiger partial charge in [0.05, 0.1) is 12.2 Å². The van der Waals surface area contributed by atoms with Gasteiger partial charge in [-0.1, -0.05) is 13.8 Å². The van der Waals surface area contributed by atoms with Gasteiger partial charge in [0, 0.05) is 34.6 Å². The average molecular weight is 501 g/mol. The smallest absolute Gasteiger partial charge is 0.158 e. The first-order valence-electron chi connectivity index (χ1n) is 12.9. The standard InChI is InChI=1S/C27H32N8S/c1-13(2)22-23-16(5)25(19-7-18-6-17(19)8-34(18)10-21-28-11-30-33-21)36-27(23)32-24(22)20-9-35-26(29-12-31-35)15(4)14(20)3/h9,11-13,17-19,32H,6-8,10H2,1-5H3,(H,28,30,33)/t17-,18?,19+/m0/s1. The number of rotatable bonds is 5. The molecule has 5 aromatic heterocycles. The lowest BCUT2D eigenvalue weighted by Gasteiger charge is -2.30. The van der Waals surface area contributed by atoms with Crippen molar-refractivity contribution >= 4 is 27.2 Å². The third-order valence-corrected chi connectivity index (χ3v) is 10.1. The second-order valence-electron chi connectivity index (χ2n) is 11.0. The summed E-state index contributed by atoms with van der Waals surface area (Å²) in [5, 5.41) is 12.9. The SMILES string of the molecule is Cc1c(-c2[nH]c3sc([C@@H]4CC5C[C@H]4CN5Cc4ncn[nH]4)c(C)c3c2C(C)C)cn2ncnc2c1C. The van der Waals surface area contributed by atoms with Gasteiger partial charge >= 0.3 is 0 Å². The molecule has 8 nitrogen and oxygen atoms in total. The zero-order valence-electron chi connectivity index (χ0n) is 21.5. The first-order valence-corrected chi connectivity index (χ1v) is 13.7. The summed E-state index contributed by atoms with van der Waals surface area (Å²) in [4.78, 5) is 18.2. The lowest BCUT2D eigenvalue weighted by atomic mass is 9.88. The van der Waals surface area contributed by atoms with Crippen LogP contribution in [0.3, 0.4) is 0 Å². The van der Waals surface area contributed by atoms with Crippen molar-refractivity contribution in [3.63, 3.8) is 0 Å². The molecule has 1 aliphatic heterocycles. The number of hydrogen-bond acceptors (Lipinski definition) is 6. The molecule has 1 aliphatic carbocycles. The number of nitrogens with zero attached hydrogens (tertiary/aromatic N) is 6. The molecule has 0 amide bonds. The Hall–Kier alpha value is -3.04. The number of fused-ring (bicyclic) bond motifs is 4. The molecule has 186 valence electrons. The highest BCUT2D eigenvalue weighted by Crippen LogP contribution is 2.53. The maximum atomic E-state index is 4.45. The fourth-order valence-corrected chi connectivity index (χ4v) is 8.34. The number of nitrogens with one attached hydrogen (secondary N) is 2. The van der Waals surface area contributed by atoms with Crippen molar-refractivity contribution in [3.05, 3.63) is 51.8 Å². The third-order valence-electron chi connectivity index (χ3n) is 8.74. The molecular formula is C27H32N8S. The summed E-state index contributed by atoms with van der Waals surface area (Å²) in [5.74, 6) is 2.77. The highest BCUT2D eigenvalue weighted by Gasteiger charge is 2.46. The second-order valence-corrected chi connectivity index (χ2v) is 12.1. The van der Waals surface area contributed by atoms with Crippen LogP contribution in [0.15, 0.2) is 18.9 Å². The summed E-state index contributed by atoms with van der Waals surface area (Å²) in [5.41, 5.74) is 8.77. The van der Waals surface area contributed by atoms with Crippen molar-refractivity contribution in [2.45, 2.75) is 71.9 Å². The van der Waals surface area contributed by atoms with Gasteiger partial charge in [-0.05, 0) is 73.6 Å². The molecule has 9 heteroatoms. The molecule has 2 aliphatic rings. The van der Waals surface area contributed by atoms with E-state index in [2.05, 4.69) is 76.0 Å². The van der Waals surface area contributed by atoms with Crippen LogP contribution in [0.2, 0.25) is 0 Å². The van der Waals surface area contributed by atoms with Crippen LogP contribution in [-0.2, 0) is 6.54 Å². The Morgan fingerprint density at radius 3 is 2.67 bits per heavy atom. The second kappa shape index (κ2) is 7.98. The molecule has 36 heavy (non-hydrogen) atoms. The Morgan fingerprint density at radius 1 is 1.08 bits per heavy atom. The van der Waals surface area contributed by atoms with Crippen LogP contribution in [0.5, 0.6) is 0 Å². The summed E-state index contributed by atoms with van der Waals surface area (Å²) in [7, 11) is 0. The van der Waals surface area contributed by atoms with E-state index in [1.165, 1.54) is 56.6 Å². The van der Waals surface area contributed by atoms with Crippen LogP contribution < -0.4 is 0 Å². The van der Waals surface area contributed by atoms with Crippen molar-refractivity contribution < 1.29 is 0 Å². The highest BCUT2D eigenvalue weighted by molar-refractivity contribution is 7.19. The molecule has 1 unspecified atom stereocenters. The van der Waals surface area contributed by atoms with Gasteiger partial charge in [-0.2, -0.15) is 10.2 Å². The zero-order chi connectivity index (χ0) is 24.7. The number of hydrogen-bond donors (Lipinski definition) is 2. The average Bonchev–Trinajstić information content (AvgIpc) is 3.67. The molecule has 0 spiro atoms. The lowest BCUT2D eigenvalue weighted by molar-refractivity contribution is 0.188. The minimum atomic E-state index is 0.415. The number of pyridine rings is 1. The van der Waals surface area contributed by atoms with E-state index in [1.807, 2.05) is 15.9 Å². The molecule has 5 aromatic rings. The number of piperidine rings is 1. The van der Waals surface area contributed by atoms with Gasteiger partial charge in [0.1, 0.15) is 23.3 Å². The maximum absolute atomic E-state index is 4.45. The molecule has 0 aromatic carbocycles. The summed E-state index contributed by atoms with van der Waals surface area (Å²) >= 11 is 1.99. The summed E-state index contributed by atoms with van der Waals surface area (Å²) in [6.07, 6.45) is 7.93.